The van der Waals surface area contributed by atoms with E-state index in [1.807, 2.05) is 4.68 Å². The van der Waals surface area contributed by atoms with Crippen molar-refractivity contribution in [3.05, 3.63) is 17.5 Å². The van der Waals surface area contributed by atoms with E-state index in [4.69, 9.17) is 5.73 Å². The molecule has 2 N–H and O–H groups in total. The molecule has 0 amide bonds. The Morgan fingerprint density at radius 2 is 2.18 bits per heavy atom. The van der Waals surface area contributed by atoms with E-state index < -0.39 is 0 Å². The molecular weight excluding hydrogens is 212 g/mol. The largest absolute Gasteiger partial charge is 0.327 e. The maximum absolute atomic E-state index is 6.05. The summed E-state index contributed by atoms with van der Waals surface area (Å²) in [5, 5.41) is 4.46. The summed E-state index contributed by atoms with van der Waals surface area (Å²) in [4.78, 5) is 2.28. The highest BCUT2D eigenvalue weighted by Crippen LogP contribution is 2.09. The topological polar surface area (TPSA) is 47.1 Å². The first kappa shape index (κ1) is 14.2. The van der Waals surface area contributed by atoms with Crippen LogP contribution in [0.25, 0.3) is 0 Å². The van der Waals surface area contributed by atoms with E-state index in [0.29, 0.717) is 0 Å². The summed E-state index contributed by atoms with van der Waals surface area (Å²) in [6, 6.07) is 0.284. The van der Waals surface area contributed by atoms with Crippen molar-refractivity contribution in [2.75, 3.05) is 13.6 Å². The fraction of sp³-hybridized carbons (Fsp3) is 0.769. The van der Waals surface area contributed by atoms with Crippen molar-refractivity contribution in [2.45, 2.75) is 52.7 Å². The van der Waals surface area contributed by atoms with E-state index in [2.05, 4.69) is 44.0 Å². The number of aromatic nitrogens is 2. The molecular formula is C13H26N4. The first-order valence-electron chi connectivity index (χ1n) is 6.53. The normalized spacial score (nSPS) is 13.3. The van der Waals surface area contributed by atoms with Gasteiger partial charge in [-0.2, -0.15) is 5.10 Å². The van der Waals surface area contributed by atoms with E-state index in [-0.39, 0.29) is 6.04 Å². The van der Waals surface area contributed by atoms with Crippen molar-refractivity contribution >= 4 is 0 Å². The SMILES string of the molecule is CCCC(N)CN(C)Cc1cn(CC)nc1C. The van der Waals surface area contributed by atoms with Gasteiger partial charge >= 0.3 is 0 Å². The zero-order valence-corrected chi connectivity index (χ0v) is 11.6. The molecule has 0 spiro atoms. The van der Waals surface area contributed by atoms with Crippen molar-refractivity contribution < 1.29 is 0 Å². The summed E-state index contributed by atoms with van der Waals surface area (Å²) in [5.41, 5.74) is 8.48. The molecule has 98 valence electrons. The molecule has 1 atom stereocenters. The minimum atomic E-state index is 0.284. The summed E-state index contributed by atoms with van der Waals surface area (Å²) in [6.07, 6.45) is 4.39. The molecule has 17 heavy (non-hydrogen) atoms. The highest BCUT2D eigenvalue weighted by Gasteiger charge is 2.10. The lowest BCUT2D eigenvalue weighted by Crippen LogP contribution is -2.34. The molecule has 0 aliphatic heterocycles. The smallest absolute Gasteiger partial charge is 0.0638 e. The van der Waals surface area contributed by atoms with Gasteiger partial charge in [-0.1, -0.05) is 13.3 Å². The third-order valence-corrected chi connectivity index (χ3v) is 3.02. The standard InChI is InChI=1S/C13H26N4/c1-5-7-13(14)10-16(4)8-12-9-17(6-2)15-11(12)3/h9,13H,5-8,10,14H2,1-4H3. The van der Waals surface area contributed by atoms with Crippen LogP contribution in [0.5, 0.6) is 0 Å². The van der Waals surface area contributed by atoms with Crippen LogP contribution in [-0.4, -0.2) is 34.3 Å². The number of hydrogen-bond acceptors (Lipinski definition) is 3. The van der Waals surface area contributed by atoms with E-state index in [1.165, 1.54) is 5.56 Å². The van der Waals surface area contributed by atoms with Gasteiger partial charge in [0.25, 0.3) is 0 Å². The van der Waals surface area contributed by atoms with Crippen LogP contribution >= 0.6 is 0 Å². The quantitative estimate of drug-likeness (QED) is 0.787. The number of rotatable bonds is 7. The van der Waals surface area contributed by atoms with Crippen LogP contribution < -0.4 is 5.73 Å². The zero-order valence-electron chi connectivity index (χ0n) is 11.6. The molecule has 0 saturated heterocycles. The molecule has 0 radical (unpaired) electrons. The van der Waals surface area contributed by atoms with Crippen LogP contribution in [0.2, 0.25) is 0 Å². The minimum Gasteiger partial charge on any atom is -0.327 e. The predicted octanol–water partition coefficient (Wildman–Crippen LogP) is 1.77. The number of aryl methyl sites for hydroxylation is 2. The summed E-state index contributed by atoms with van der Waals surface area (Å²) in [6.45, 7) is 9.17. The van der Waals surface area contributed by atoms with Gasteiger partial charge in [-0.3, -0.25) is 4.68 Å². The fourth-order valence-electron chi connectivity index (χ4n) is 2.09. The van der Waals surface area contributed by atoms with Crippen LogP contribution in [0.3, 0.4) is 0 Å². The van der Waals surface area contributed by atoms with Gasteiger partial charge in [0, 0.05) is 37.4 Å². The maximum atomic E-state index is 6.05. The second-order valence-electron chi connectivity index (χ2n) is 4.84. The van der Waals surface area contributed by atoms with Crippen molar-refractivity contribution in [1.29, 1.82) is 0 Å². The highest BCUT2D eigenvalue weighted by atomic mass is 15.3. The average Bonchev–Trinajstić information content (AvgIpc) is 2.59. The number of likely N-dealkylation sites (N-methyl/N-ethyl adjacent to an activating group) is 1. The van der Waals surface area contributed by atoms with Gasteiger partial charge in [0.1, 0.15) is 0 Å². The van der Waals surface area contributed by atoms with Gasteiger partial charge < -0.3 is 10.6 Å². The molecule has 0 saturated carbocycles. The van der Waals surface area contributed by atoms with Crippen LogP contribution in [0, 0.1) is 6.92 Å². The van der Waals surface area contributed by atoms with Gasteiger partial charge in [0.2, 0.25) is 0 Å². The average molecular weight is 238 g/mol. The molecule has 0 aliphatic rings. The van der Waals surface area contributed by atoms with Gasteiger partial charge in [0.15, 0.2) is 0 Å². The molecule has 1 aromatic rings. The van der Waals surface area contributed by atoms with Crippen LogP contribution in [0.15, 0.2) is 6.20 Å². The Hall–Kier alpha value is -0.870. The Kier molecular flexibility index (Phi) is 5.65. The lowest BCUT2D eigenvalue weighted by atomic mass is 10.1. The predicted molar refractivity (Wildman–Crippen MR) is 71.9 cm³/mol. The highest BCUT2D eigenvalue weighted by molar-refractivity contribution is 5.15. The Morgan fingerprint density at radius 1 is 1.47 bits per heavy atom. The van der Waals surface area contributed by atoms with Gasteiger partial charge in [-0.05, 0) is 27.3 Å². The maximum Gasteiger partial charge on any atom is 0.0638 e. The van der Waals surface area contributed by atoms with E-state index in [9.17, 15) is 0 Å². The van der Waals surface area contributed by atoms with Gasteiger partial charge in [-0.25, -0.2) is 0 Å². The molecule has 1 unspecified atom stereocenters. The molecule has 1 heterocycles. The fourth-order valence-corrected chi connectivity index (χ4v) is 2.09. The Morgan fingerprint density at radius 3 is 2.71 bits per heavy atom. The Bertz CT molecular complexity index is 332. The molecule has 0 aromatic carbocycles. The second-order valence-corrected chi connectivity index (χ2v) is 4.84. The third-order valence-electron chi connectivity index (χ3n) is 3.02. The van der Waals surface area contributed by atoms with E-state index >= 15 is 0 Å². The molecule has 4 heteroatoms. The lowest BCUT2D eigenvalue weighted by Gasteiger charge is -2.20. The van der Waals surface area contributed by atoms with Gasteiger partial charge in [0.05, 0.1) is 5.69 Å². The van der Waals surface area contributed by atoms with E-state index in [1.54, 1.807) is 0 Å². The summed E-state index contributed by atoms with van der Waals surface area (Å²) in [5.74, 6) is 0. The van der Waals surface area contributed by atoms with Crippen molar-refractivity contribution in [3.63, 3.8) is 0 Å². The van der Waals surface area contributed by atoms with Gasteiger partial charge in [-0.15, -0.1) is 0 Å². The summed E-state index contributed by atoms with van der Waals surface area (Å²) >= 11 is 0. The third kappa shape index (κ3) is 4.48. The van der Waals surface area contributed by atoms with E-state index in [0.717, 1.165) is 38.2 Å². The monoisotopic (exact) mass is 238 g/mol. The second kappa shape index (κ2) is 6.77. The Labute approximate surface area is 105 Å². The molecule has 0 bridgehead atoms. The summed E-state index contributed by atoms with van der Waals surface area (Å²) in [7, 11) is 2.12. The molecule has 0 fully saturated rings. The van der Waals surface area contributed by atoms with Crippen LogP contribution in [0.4, 0.5) is 0 Å². The minimum absolute atomic E-state index is 0.284. The van der Waals surface area contributed by atoms with Crippen LogP contribution in [-0.2, 0) is 13.1 Å². The number of nitrogens with two attached hydrogens (primary N) is 1. The lowest BCUT2D eigenvalue weighted by molar-refractivity contribution is 0.296. The summed E-state index contributed by atoms with van der Waals surface area (Å²) < 4.78 is 1.99. The first-order chi connectivity index (χ1) is 8.06. The molecule has 4 nitrogen and oxygen atoms in total. The van der Waals surface area contributed by atoms with Crippen molar-refractivity contribution in [3.8, 4) is 0 Å². The number of nitrogens with zero attached hydrogens (tertiary/aromatic N) is 3. The molecule has 1 rings (SSSR count). The Balaban J connectivity index is 2.49. The molecule has 0 aliphatic carbocycles. The zero-order chi connectivity index (χ0) is 12.8. The van der Waals surface area contributed by atoms with Crippen LogP contribution in [0.1, 0.15) is 37.9 Å². The number of hydrogen-bond donors (Lipinski definition) is 1. The molecule has 1 aromatic heterocycles. The van der Waals surface area contributed by atoms with Crippen molar-refractivity contribution in [2.24, 2.45) is 5.73 Å². The first-order valence-corrected chi connectivity index (χ1v) is 6.53. The van der Waals surface area contributed by atoms with Crippen molar-refractivity contribution in [1.82, 2.24) is 14.7 Å².